The topological polar surface area (TPSA) is 104 Å². The summed E-state index contributed by atoms with van der Waals surface area (Å²) in [5.41, 5.74) is 7.02. The molecule has 8 N–H and O–H groups in total. The smallest absolute Gasteiger partial charge is 0.399 e. The highest BCUT2D eigenvalue weighted by Gasteiger charge is 2.47. The molecule has 0 amide bonds. The Kier molecular flexibility index (Phi) is 9.82. The molecule has 48 heavy (non-hydrogen) atoms. The van der Waals surface area contributed by atoms with E-state index in [-0.39, 0.29) is 11.3 Å². The molecule has 4 rings (SSSR count). The van der Waals surface area contributed by atoms with E-state index in [9.17, 15) is 65.9 Å². The molecule has 0 spiro atoms. The molecule has 0 saturated heterocycles. The van der Waals surface area contributed by atoms with Crippen LogP contribution in [0.4, 0.5) is 88.6 Å². The van der Waals surface area contributed by atoms with Gasteiger partial charge < -0.3 is 22.9 Å². The van der Waals surface area contributed by atoms with Crippen molar-refractivity contribution in [1.82, 2.24) is 0 Å². The third kappa shape index (κ3) is 8.29. The summed E-state index contributed by atoms with van der Waals surface area (Å²) in [6.07, 6.45) is -25.8. The zero-order valence-electron chi connectivity index (χ0n) is 23.3. The molecule has 0 saturated carbocycles. The van der Waals surface area contributed by atoms with Crippen molar-refractivity contribution < 1.29 is 65.9 Å². The Morgan fingerprint density at radius 3 is 1.17 bits per heavy atom. The van der Waals surface area contributed by atoms with Gasteiger partial charge in [0, 0.05) is 22.7 Å². The fourth-order valence-electron chi connectivity index (χ4n) is 4.49. The van der Waals surface area contributed by atoms with Crippen LogP contribution in [0.15, 0.2) is 66.7 Å². The van der Waals surface area contributed by atoms with Crippen LogP contribution in [0.3, 0.4) is 0 Å². The standard InChI is InChI=1S/C15H9F9N2.C14H10F6N2/c16-13(17,18)9-5-6(25)1-2-7(9)8-3-4-10(26)12(15(22,23)24)11(8)14(19,20)21;15-13(16,17)10-6-8(21)2-3-9(10)7-1-4-12(22)11(5-7)14(18,19)20/h1-5H,25-26H2;1-6H,21-22H2. The van der Waals surface area contributed by atoms with Crippen LogP contribution in [0.25, 0.3) is 22.3 Å². The second-order valence-electron chi connectivity index (χ2n) is 9.85. The maximum absolute atomic E-state index is 13.4. The molecule has 0 aliphatic rings. The highest BCUT2D eigenvalue weighted by atomic mass is 19.4. The number of nitrogens with two attached hydrogens (primary N) is 4. The SMILES string of the molecule is Nc1ccc(-c2ccc(N)c(C(F)(F)F)c2)c(C(F)(F)F)c1.Nc1ccc(-c2ccc(N)c(C(F)(F)F)c2C(F)(F)F)c(C(F)(F)F)c1. The monoisotopic (exact) mass is 708 g/mol. The summed E-state index contributed by atoms with van der Waals surface area (Å²) < 4.78 is 196. The molecule has 0 aliphatic heterocycles. The van der Waals surface area contributed by atoms with Crippen molar-refractivity contribution in [2.75, 3.05) is 22.9 Å². The predicted molar refractivity (Wildman–Crippen MR) is 146 cm³/mol. The number of alkyl halides is 15. The van der Waals surface area contributed by atoms with Crippen LogP contribution in [0, 0.1) is 0 Å². The van der Waals surface area contributed by atoms with Crippen LogP contribution in [0.5, 0.6) is 0 Å². The van der Waals surface area contributed by atoms with Crippen molar-refractivity contribution in [3.8, 4) is 22.3 Å². The van der Waals surface area contributed by atoms with Crippen molar-refractivity contribution in [3.63, 3.8) is 0 Å². The molecule has 0 fully saturated rings. The minimum atomic E-state index is -5.61. The maximum atomic E-state index is 13.4. The molecule has 260 valence electrons. The van der Waals surface area contributed by atoms with Gasteiger partial charge in [-0.2, -0.15) is 65.9 Å². The number of anilines is 4. The van der Waals surface area contributed by atoms with Gasteiger partial charge in [0.15, 0.2) is 0 Å². The van der Waals surface area contributed by atoms with Crippen LogP contribution in [0.1, 0.15) is 27.8 Å². The van der Waals surface area contributed by atoms with Gasteiger partial charge in [0.2, 0.25) is 0 Å². The molecular formula is C29H19F15N4. The van der Waals surface area contributed by atoms with Crippen LogP contribution >= 0.6 is 0 Å². The van der Waals surface area contributed by atoms with E-state index in [2.05, 4.69) is 0 Å². The lowest BCUT2D eigenvalue weighted by Gasteiger charge is -2.23. The first-order chi connectivity index (χ1) is 21.6. The van der Waals surface area contributed by atoms with E-state index in [0.29, 0.717) is 36.4 Å². The highest BCUT2D eigenvalue weighted by Crippen LogP contribution is 2.50. The minimum absolute atomic E-state index is 0.137. The number of rotatable bonds is 2. The molecule has 0 radical (unpaired) electrons. The zero-order chi connectivity index (χ0) is 36.8. The minimum Gasteiger partial charge on any atom is -0.399 e. The lowest BCUT2D eigenvalue weighted by atomic mass is 9.90. The summed E-state index contributed by atoms with van der Waals surface area (Å²) in [5, 5.41) is 0. The van der Waals surface area contributed by atoms with Crippen molar-refractivity contribution in [2.24, 2.45) is 0 Å². The average Bonchev–Trinajstić information content (AvgIpc) is 2.91. The number of nitrogen functional groups attached to an aromatic ring is 4. The van der Waals surface area contributed by atoms with Gasteiger partial charge in [0.25, 0.3) is 0 Å². The predicted octanol–water partition coefficient (Wildman–Crippen LogP) is 10.1. The van der Waals surface area contributed by atoms with E-state index in [1.165, 1.54) is 6.07 Å². The molecule has 0 aromatic heterocycles. The molecule has 4 nitrogen and oxygen atoms in total. The van der Waals surface area contributed by atoms with Gasteiger partial charge in [-0.15, -0.1) is 0 Å². The number of halogens is 15. The first-order valence-corrected chi connectivity index (χ1v) is 12.6. The zero-order valence-corrected chi connectivity index (χ0v) is 23.3. The van der Waals surface area contributed by atoms with Gasteiger partial charge in [-0.3, -0.25) is 0 Å². The molecule has 0 atom stereocenters. The summed E-state index contributed by atoms with van der Waals surface area (Å²) >= 11 is 0. The average molecular weight is 708 g/mol. The Labute approximate surface area is 259 Å². The van der Waals surface area contributed by atoms with Crippen molar-refractivity contribution in [1.29, 1.82) is 0 Å². The fourth-order valence-corrected chi connectivity index (χ4v) is 4.49. The highest BCUT2D eigenvalue weighted by molar-refractivity contribution is 5.78. The molecule has 19 heteroatoms. The lowest BCUT2D eigenvalue weighted by molar-refractivity contribution is -0.161. The van der Waals surface area contributed by atoms with E-state index in [0.717, 1.165) is 24.3 Å². The second kappa shape index (κ2) is 12.6. The van der Waals surface area contributed by atoms with Crippen LogP contribution in [-0.4, -0.2) is 0 Å². The van der Waals surface area contributed by atoms with E-state index >= 15 is 0 Å². The Hall–Kier alpha value is -4.97. The third-order valence-corrected chi connectivity index (χ3v) is 6.46. The van der Waals surface area contributed by atoms with Gasteiger partial charge in [-0.05, 0) is 64.7 Å². The quantitative estimate of drug-likeness (QED) is 0.123. The fraction of sp³-hybridized carbons (Fsp3) is 0.172. The Morgan fingerprint density at radius 2 is 0.729 bits per heavy atom. The maximum Gasteiger partial charge on any atom is 0.419 e. The summed E-state index contributed by atoms with van der Waals surface area (Å²) in [6, 6.07) is 8.25. The van der Waals surface area contributed by atoms with E-state index in [1.807, 2.05) is 0 Å². The summed E-state index contributed by atoms with van der Waals surface area (Å²) in [4.78, 5) is 0. The second-order valence-corrected chi connectivity index (χ2v) is 9.85. The van der Waals surface area contributed by atoms with Crippen LogP contribution < -0.4 is 22.9 Å². The van der Waals surface area contributed by atoms with E-state index in [4.69, 9.17) is 22.9 Å². The van der Waals surface area contributed by atoms with Gasteiger partial charge >= 0.3 is 30.9 Å². The molecule has 0 unspecified atom stereocenters. The molecular weight excluding hydrogens is 689 g/mol. The third-order valence-electron chi connectivity index (χ3n) is 6.46. The first-order valence-electron chi connectivity index (χ1n) is 12.6. The van der Waals surface area contributed by atoms with Gasteiger partial charge in [0.1, 0.15) is 0 Å². The summed E-state index contributed by atoms with van der Waals surface area (Å²) in [7, 11) is 0. The van der Waals surface area contributed by atoms with Crippen molar-refractivity contribution >= 4 is 22.7 Å². The van der Waals surface area contributed by atoms with Crippen LogP contribution in [-0.2, 0) is 30.9 Å². The van der Waals surface area contributed by atoms with E-state index in [1.54, 1.807) is 0 Å². The molecule has 0 heterocycles. The summed E-state index contributed by atoms with van der Waals surface area (Å²) in [5.74, 6) is 0. The number of benzene rings is 4. The number of hydrogen-bond donors (Lipinski definition) is 4. The molecule has 0 bridgehead atoms. The molecule has 4 aromatic carbocycles. The van der Waals surface area contributed by atoms with Crippen molar-refractivity contribution in [2.45, 2.75) is 30.9 Å². The first kappa shape index (κ1) is 37.5. The number of hydrogen-bond acceptors (Lipinski definition) is 4. The molecule has 0 aliphatic carbocycles. The normalized spacial score (nSPS) is 12.8. The Bertz CT molecular complexity index is 1800. The van der Waals surface area contributed by atoms with Crippen molar-refractivity contribution in [3.05, 3.63) is 94.5 Å². The van der Waals surface area contributed by atoms with Gasteiger partial charge in [0.05, 0.1) is 27.8 Å². The van der Waals surface area contributed by atoms with Crippen LogP contribution in [0.2, 0.25) is 0 Å². The largest absolute Gasteiger partial charge is 0.419 e. The Morgan fingerprint density at radius 1 is 0.333 bits per heavy atom. The Balaban J connectivity index is 0.000000264. The molecule has 4 aromatic rings. The summed E-state index contributed by atoms with van der Waals surface area (Å²) in [6.45, 7) is 0. The lowest BCUT2D eigenvalue weighted by Crippen LogP contribution is -2.20. The van der Waals surface area contributed by atoms with Gasteiger partial charge in [-0.1, -0.05) is 24.3 Å². The van der Waals surface area contributed by atoms with Gasteiger partial charge in [-0.25, -0.2) is 0 Å². The van der Waals surface area contributed by atoms with E-state index < -0.39 is 92.5 Å².